The summed E-state index contributed by atoms with van der Waals surface area (Å²) in [6.45, 7) is 2.04. The molecule has 1 saturated heterocycles. The van der Waals surface area contributed by atoms with Gasteiger partial charge in [-0.05, 0) is 12.5 Å². The van der Waals surface area contributed by atoms with E-state index in [-0.39, 0.29) is 0 Å². The van der Waals surface area contributed by atoms with Crippen molar-refractivity contribution in [3.63, 3.8) is 0 Å². The van der Waals surface area contributed by atoms with Crippen molar-refractivity contribution >= 4 is 11.3 Å². The van der Waals surface area contributed by atoms with Crippen molar-refractivity contribution in [2.24, 2.45) is 0 Å². The van der Waals surface area contributed by atoms with Gasteiger partial charge in [-0.25, -0.2) is 14.9 Å². The first-order chi connectivity index (χ1) is 6.95. The Morgan fingerprint density at radius 1 is 1.36 bits per heavy atom. The Morgan fingerprint density at radius 3 is 3.21 bits per heavy atom. The molecule has 1 aliphatic rings. The van der Waals surface area contributed by atoms with Crippen LogP contribution < -0.4 is 10.4 Å². The van der Waals surface area contributed by atoms with Gasteiger partial charge in [0.25, 0.3) is 0 Å². The van der Waals surface area contributed by atoms with Crippen LogP contribution in [0.25, 0.3) is 5.52 Å². The monoisotopic (exact) mass is 189 g/mol. The van der Waals surface area contributed by atoms with E-state index in [0.29, 0.717) is 0 Å². The molecule has 2 aromatic rings. The van der Waals surface area contributed by atoms with Crippen LogP contribution in [0.4, 0.5) is 5.82 Å². The van der Waals surface area contributed by atoms with Crippen molar-refractivity contribution in [2.75, 3.05) is 18.1 Å². The van der Waals surface area contributed by atoms with Crippen LogP contribution in [0.1, 0.15) is 6.42 Å². The van der Waals surface area contributed by atoms with E-state index < -0.39 is 0 Å². The average Bonchev–Trinajstić information content (AvgIpc) is 2.88. The predicted molar refractivity (Wildman–Crippen MR) is 53.0 cm³/mol. The highest BCUT2D eigenvalue weighted by atomic mass is 15.5. The minimum Gasteiger partial charge on any atom is -0.290 e. The zero-order chi connectivity index (χ0) is 9.38. The van der Waals surface area contributed by atoms with E-state index in [9.17, 15) is 0 Å². The number of hydrazine groups is 1. The molecule has 14 heavy (non-hydrogen) atoms. The van der Waals surface area contributed by atoms with Crippen LogP contribution in [0.3, 0.4) is 0 Å². The Kier molecular flexibility index (Phi) is 1.63. The van der Waals surface area contributed by atoms with E-state index in [4.69, 9.17) is 0 Å². The lowest BCUT2D eigenvalue weighted by Gasteiger charge is -2.16. The summed E-state index contributed by atoms with van der Waals surface area (Å²) in [6.07, 6.45) is 6.58. The van der Waals surface area contributed by atoms with Crippen molar-refractivity contribution in [3.8, 4) is 0 Å². The minimum absolute atomic E-state index is 0.961. The smallest absolute Gasteiger partial charge is 0.169 e. The van der Waals surface area contributed by atoms with Crippen molar-refractivity contribution in [1.82, 2.24) is 20.0 Å². The van der Waals surface area contributed by atoms with E-state index in [1.54, 1.807) is 12.4 Å². The van der Waals surface area contributed by atoms with Crippen molar-refractivity contribution in [2.45, 2.75) is 6.42 Å². The summed E-state index contributed by atoms with van der Waals surface area (Å²) >= 11 is 0. The minimum atomic E-state index is 0.961. The summed E-state index contributed by atoms with van der Waals surface area (Å²) in [5, 5.41) is 6.25. The third kappa shape index (κ3) is 1.06. The fourth-order valence-corrected chi connectivity index (χ4v) is 1.76. The molecule has 0 amide bonds. The second-order valence-corrected chi connectivity index (χ2v) is 3.33. The topological polar surface area (TPSA) is 45.5 Å². The number of aromatic nitrogens is 3. The van der Waals surface area contributed by atoms with Gasteiger partial charge in [0.05, 0.1) is 6.20 Å². The van der Waals surface area contributed by atoms with Crippen molar-refractivity contribution in [1.29, 1.82) is 0 Å². The van der Waals surface area contributed by atoms with E-state index in [2.05, 4.69) is 20.5 Å². The molecule has 0 bridgehead atoms. The number of fused-ring (bicyclic) bond motifs is 1. The largest absolute Gasteiger partial charge is 0.290 e. The van der Waals surface area contributed by atoms with E-state index in [0.717, 1.165) is 30.8 Å². The Hall–Kier alpha value is -1.62. The van der Waals surface area contributed by atoms with Crippen molar-refractivity contribution in [3.05, 3.63) is 24.7 Å². The highest BCUT2D eigenvalue weighted by Gasteiger charge is 2.15. The summed E-state index contributed by atoms with van der Waals surface area (Å²) in [5.74, 6) is 0.961. The van der Waals surface area contributed by atoms with Gasteiger partial charge in [0.1, 0.15) is 5.52 Å². The molecule has 0 aromatic carbocycles. The van der Waals surface area contributed by atoms with Crippen LogP contribution in [0.2, 0.25) is 0 Å². The first kappa shape index (κ1) is 7.75. The Bertz CT molecular complexity index is 443. The molecule has 2 aromatic heterocycles. The Balaban J connectivity index is 2.14. The quantitative estimate of drug-likeness (QED) is 0.707. The Morgan fingerprint density at radius 2 is 2.36 bits per heavy atom. The molecule has 0 radical (unpaired) electrons. The number of hydrogen-bond acceptors (Lipinski definition) is 4. The standard InChI is InChI=1S/C9H11N5/c1-3-11-14(6-1)9-8-2-4-12-13(8)7-5-10-9/h2,4-5,7,11H,1,3,6H2. The fraction of sp³-hybridized carbons (Fsp3) is 0.333. The molecule has 1 fully saturated rings. The maximum absolute atomic E-state index is 4.36. The van der Waals surface area contributed by atoms with E-state index >= 15 is 0 Å². The number of rotatable bonds is 1. The van der Waals surface area contributed by atoms with Crippen LogP contribution in [0, 0.1) is 0 Å². The molecule has 3 rings (SSSR count). The van der Waals surface area contributed by atoms with E-state index in [1.807, 2.05) is 16.8 Å². The van der Waals surface area contributed by atoms with Crippen LogP contribution >= 0.6 is 0 Å². The van der Waals surface area contributed by atoms with Crippen LogP contribution in [0.15, 0.2) is 24.7 Å². The lowest BCUT2D eigenvalue weighted by Crippen LogP contribution is -2.31. The van der Waals surface area contributed by atoms with Crippen LogP contribution in [0.5, 0.6) is 0 Å². The molecular formula is C9H11N5. The lowest BCUT2D eigenvalue weighted by atomic mass is 10.4. The summed E-state index contributed by atoms with van der Waals surface area (Å²) in [6, 6.07) is 1.97. The molecule has 3 heterocycles. The van der Waals surface area contributed by atoms with Gasteiger partial charge >= 0.3 is 0 Å². The number of nitrogens with one attached hydrogen (secondary N) is 1. The van der Waals surface area contributed by atoms with Gasteiger partial charge in [-0.15, -0.1) is 0 Å². The van der Waals surface area contributed by atoms with Crippen LogP contribution in [-0.2, 0) is 0 Å². The highest BCUT2D eigenvalue weighted by molar-refractivity contribution is 5.67. The van der Waals surface area contributed by atoms with E-state index in [1.165, 1.54) is 0 Å². The van der Waals surface area contributed by atoms with Crippen LogP contribution in [-0.4, -0.2) is 27.7 Å². The predicted octanol–water partition coefficient (Wildman–Crippen LogP) is 0.444. The summed E-state index contributed by atoms with van der Waals surface area (Å²) in [4.78, 5) is 4.36. The van der Waals surface area contributed by atoms with Gasteiger partial charge in [-0.3, -0.25) is 5.01 Å². The van der Waals surface area contributed by atoms with Gasteiger partial charge in [-0.1, -0.05) is 0 Å². The van der Waals surface area contributed by atoms with Gasteiger partial charge < -0.3 is 0 Å². The fourth-order valence-electron chi connectivity index (χ4n) is 1.76. The van der Waals surface area contributed by atoms with Gasteiger partial charge in [0, 0.05) is 25.5 Å². The molecule has 1 aliphatic heterocycles. The molecule has 0 unspecified atom stereocenters. The molecule has 1 N–H and O–H groups in total. The number of anilines is 1. The van der Waals surface area contributed by atoms with Gasteiger partial charge in [-0.2, -0.15) is 5.10 Å². The van der Waals surface area contributed by atoms with Crippen molar-refractivity contribution < 1.29 is 0 Å². The third-order valence-electron chi connectivity index (χ3n) is 2.42. The summed E-state index contributed by atoms with van der Waals surface area (Å²) < 4.78 is 1.84. The molecule has 0 atom stereocenters. The summed E-state index contributed by atoms with van der Waals surface area (Å²) in [5.41, 5.74) is 4.33. The maximum atomic E-state index is 4.36. The number of hydrogen-bond donors (Lipinski definition) is 1. The Labute approximate surface area is 81.3 Å². The molecule has 5 heteroatoms. The SMILES string of the molecule is c1cn2nccc2c(N2CCCN2)n1. The molecule has 72 valence electrons. The molecule has 5 nitrogen and oxygen atoms in total. The first-order valence-corrected chi connectivity index (χ1v) is 4.74. The lowest BCUT2D eigenvalue weighted by molar-refractivity contribution is 0.770. The maximum Gasteiger partial charge on any atom is 0.169 e. The molecule has 0 spiro atoms. The van der Waals surface area contributed by atoms with Gasteiger partial charge in [0.15, 0.2) is 5.82 Å². The van der Waals surface area contributed by atoms with Gasteiger partial charge in [0.2, 0.25) is 0 Å². The second-order valence-electron chi connectivity index (χ2n) is 3.33. The molecule has 0 saturated carbocycles. The number of nitrogens with zero attached hydrogens (tertiary/aromatic N) is 4. The average molecular weight is 189 g/mol. The normalized spacial score (nSPS) is 16.7. The first-order valence-electron chi connectivity index (χ1n) is 4.74. The second kappa shape index (κ2) is 2.95. The molecule has 0 aliphatic carbocycles. The zero-order valence-electron chi connectivity index (χ0n) is 7.72. The summed E-state index contributed by atoms with van der Waals surface area (Å²) in [7, 11) is 0. The highest BCUT2D eigenvalue weighted by Crippen LogP contribution is 2.18. The molecular weight excluding hydrogens is 178 g/mol. The third-order valence-corrected chi connectivity index (χ3v) is 2.42. The zero-order valence-corrected chi connectivity index (χ0v) is 7.72.